The highest BCUT2D eigenvalue weighted by atomic mass is 19.1. The van der Waals surface area contributed by atoms with Gasteiger partial charge < -0.3 is 24.6 Å². The van der Waals surface area contributed by atoms with Gasteiger partial charge in [0, 0.05) is 89.3 Å². The van der Waals surface area contributed by atoms with Gasteiger partial charge in [-0.2, -0.15) is 10.1 Å². The third-order valence-corrected chi connectivity index (χ3v) is 13.0. The number of rotatable bonds is 10. The van der Waals surface area contributed by atoms with Gasteiger partial charge in [-0.05, 0) is 81.2 Å². The van der Waals surface area contributed by atoms with Crippen molar-refractivity contribution in [2.24, 2.45) is 7.05 Å². The van der Waals surface area contributed by atoms with E-state index in [0.29, 0.717) is 55.0 Å². The van der Waals surface area contributed by atoms with Crippen LogP contribution in [0.15, 0.2) is 48.8 Å². The molecule has 9 rings (SSSR count). The van der Waals surface area contributed by atoms with Gasteiger partial charge in [0.05, 0.1) is 17.4 Å². The number of hydrogen-bond donors (Lipinski definition) is 2. The van der Waals surface area contributed by atoms with Crippen LogP contribution in [0, 0.1) is 0 Å². The lowest BCUT2D eigenvalue weighted by atomic mass is 9.86. The number of carbonyl (C=O) groups excluding carboxylic acids is 3. The number of piperidine rings is 2. The summed E-state index contributed by atoms with van der Waals surface area (Å²) in [4.78, 5) is 59.5. The third kappa shape index (κ3) is 7.70. The van der Waals surface area contributed by atoms with Crippen molar-refractivity contribution in [1.82, 2.24) is 44.4 Å². The summed E-state index contributed by atoms with van der Waals surface area (Å²) in [5.74, 6) is 1.31. The Bertz CT molecular complexity index is 2370. The number of anilines is 4. The van der Waals surface area contributed by atoms with Crippen LogP contribution in [0.4, 0.5) is 32.5 Å². The van der Waals surface area contributed by atoms with E-state index in [1.807, 2.05) is 43.6 Å². The van der Waals surface area contributed by atoms with Crippen LogP contribution < -0.4 is 20.4 Å². The van der Waals surface area contributed by atoms with Crippen molar-refractivity contribution < 1.29 is 18.8 Å². The minimum atomic E-state index is -1.24. The zero-order chi connectivity index (χ0) is 40.8. The summed E-state index contributed by atoms with van der Waals surface area (Å²) in [6.45, 7) is 3.60. The Morgan fingerprint density at radius 2 is 1.75 bits per heavy atom. The molecule has 310 valence electrons. The number of para-hydroxylation sites is 1. The second-order valence-electron chi connectivity index (χ2n) is 17.0. The molecule has 4 fully saturated rings. The van der Waals surface area contributed by atoms with Gasteiger partial charge in [0.2, 0.25) is 11.9 Å². The van der Waals surface area contributed by atoms with Crippen molar-refractivity contribution in [3.63, 3.8) is 0 Å². The van der Waals surface area contributed by atoms with Crippen LogP contribution >= 0.6 is 0 Å². The van der Waals surface area contributed by atoms with E-state index in [1.54, 1.807) is 29.9 Å². The zero-order valence-electron chi connectivity index (χ0n) is 34.2. The van der Waals surface area contributed by atoms with Crippen molar-refractivity contribution in [2.75, 3.05) is 61.9 Å². The van der Waals surface area contributed by atoms with Crippen LogP contribution in [0.2, 0.25) is 0 Å². The van der Waals surface area contributed by atoms with Crippen LogP contribution in [0.3, 0.4) is 0 Å². The number of hydrogen-bond acceptors (Lipinski definition) is 10. The van der Waals surface area contributed by atoms with Gasteiger partial charge in [-0.3, -0.25) is 24.5 Å². The smallest absolute Gasteiger partial charge is 0.329 e. The molecule has 0 radical (unpaired) electrons. The minimum absolute atomic E-state index is 0.0317. The second-order valence-corrected chi connectivity index (χ2v) is 17.0. The highest BCUT2D eigenvalue weighted by Gasteiger charge is 2.38. The van der Waals surface area contributed by atoms with Gasteiger partial charge in [-0.25, -0.2) is 19.2 Å². The Labute approximate surface area is 342 Å². The Kier molecular flexibility index (Phi) is 10.4. The maximum atomic E-state index is 16.4. The molecular formula is C43H53FN12O3. The lowest BCUT2D eigenvalue weighted by Gasteiger charge is -2.44. The summed E-state index contributed by atoms with van der Waals surface area (Å²) < 4.78 is 20.2. The molecule has 16 heteroatoms. The maximum Gasteiger partial charge on any atom is 0.329 e. The highest BCUT2D eigenvalue weighted by molar-refractivity contribution is 6.09. The van der Waals surface area contributed by atoms with Crippen LogP contribution in [0.25, 0.3) is 21.9 Å². The van der Waals surface area contributed by atoms with Crippen LogP contribution in [-0.2, 0) is 18.3 Å². The maximum absolute atomic E-state index is 16.4. The average molecular weight is 805 g/mol. The molecule has 1 aliphatic carbocycles. The van der Waals surface area contributed by atoms with E-state index >= 15 is 4.39 Å². The number of halogens is 1. The molecule has 7 heterocycles. The molecule has 1 aromatic carbocycles. The normalized spacial score (nSPS) is 19.5. The number of nitrogens with one attached hydrogen (secondary N) is 2. The predicted octanol–water partition coefficient (Wildman–Crippen LogP) is 6.13. The number of alkyl halides is 1. The number of fused-ring (bicyclic) bond motifs is 2. The predicted molar refractivity (Wildman–Crippen MR) is 225 cm³/mol. The molecule has 0 atom stereocenters. The largest absolute Gasteiger partial charge is 0.370 e. The van der Waals surface area contributed by atoms with Crippen molar-refractivity contribution in [1.29, 1.82) is 0 Å². The van der Waals surface area contributed by atoms with E-state index < -0.39 is 11.7 Å². The lowest BCUT2D eigenvalue weighted by Crippen LogP contribution is -2.50. The molecule has 0 unspecified atom stereocenters. The first-order valence-electron chi connectivity index (χ1n) is 21.1. The van der Waals surface area contributed by atoms with Gasteiger partial charge in [0.1, 0.15) is 22.8 Å². The van der Waals surface area contributed by atoms with E-state index in [-0.39, 0.29) is 30.8 Å². The van der Waals surface area contributed by atoms with E-state index in [9.17, 15) is 14.4 Å². The summed E-state index contributed by atoms with van der Waals surface area (Å²) >= 11 is 0. The van der Waals surface area contributed by atoms with E-state index in [2.05, 4.69) is 41.1 Å². The molecule has 15 nitrogen and oxygen atoms in total. The van der Waals surface area contributed by atoms with Crippen LogP contribution in [-0.4, -0.2) is 115 Å². The first kappa shape index (κ1) is 38.9. The number of urea groups is 1. The molecule has 0 bridgehead atoms. The van der Waals surface area contributed by atoms with Gasteiger partial charge in [0.25, 0.3) is 5.91 Å². The van der Waals surface area contributed by atoms with Crippen molar-refractivity contribution >= 4 is 63.1 Å². The van der Waals surface area contributed by atoms with Gasteiger partial charge in [-0.1, -0.05) is 25.0 Å². The molecule has 3 aliphatic heterocycles. The first-order chi connectivity index (χ1) is 28.5. The fourth-order valence-corrected chi connectivity index (χ4v) is 9.71. The number of benzene rings is 1. The Hall–Kier alpha value is -5.64. The zero-order valence-corrected chi connectivity index (χ0v) is 34.2. The Morgan fingerprint density at radius 1 is 0.966 bits per heavy atom. The van der Waals surface area contributed by atoms with Crippen molar-refractivity contribution in [3.8, 4) is 0 Å². The van der Waals surface area contributed by atoms with E-state index in [4.69, 9.17) is 9.97 Å². The van der Waals surface area contributed by atoms with E-state index in [1.165, 1.54) is 4.90 Å². The molecule has 1 saturated carbocycles. The number of nitrogens with zero attached hydrogens (tertiary/aromatic N) is 10. The second kappa shape index (κ2) is 15.8. The Balaban J connectivity index is 0.776. The van der Waals surface area contributed by atoms with Crippen molar-refractivity contribution in [2.45, 2.75) is 88.4 Å². The first-order valence-corrected chi connectivity index (χ1v) is 21.1. The molecule has 4 aliphatic rings. The lowest BCUT2D eigenvalue weighted by molar-refractivity contribution is -0.120. The molecule has 3 saturated heterocycles. The Morgan fingerprint density at radius 3 is 2.46 bits per heavy atom. The summed E-state index contributed by atoms with van der Waals surface area (Å²) in [5, 5.41) is 12.0. The molecule has 4 amide bonds. The summed E-state index contributed by atoms with van der Waals surface area (Å²) in [6.07, 6.45) is 12.3. The number of aryl methyl sites for hydroxylation is 2. The number of likely N-dealkylation sites (tertiary alicyclic amines) is 1. The van der Waals surface area contributed by atoms with E-state index in [0.717, 1.165) is 97.9 Å². The van der Waals surface area contributed by atoms with Gasteiger partial charge in [0.15, 0.2) is 5.82 Å². The number of aromatic nitrogens is 6. The monoisotopic (exact) mass is 804 g/mol. The summed E-state index contributed by atoms with van der Waals surface area (Å²) in [7, 11) is 5.40. The minimum Gasteiger partial charge on any atom is -0.370 e. The van der Waals surface area contributed by atoms with Crippen LogP contribution in [0.1, 0.15) is 86.3 Å². The summed E-state index contributed by atoms with van der Waals surface area (Å²) in [5.41, 5.74) is 3.16. The quantitative estimate of drug-likeness (QED) is 0.169. The molecule has 5 aromatic rings. The fourth-order valence-electron chi connectivity index (χ4n) is 9.71. The van der Waals surface area contributed by atoms with Gasteiger partial charge >= 0.3 is 6.03 Å². The summed E-state index contributed by atoms with van der Waals surface area (Å²) in [6, 6.07) is 12.1. The average Bonchev–Trinajstić information content (AvgIpc) is 3.98. The number of carbonyl (C=O) groups is 3. The van der Waals surface area contributed by atoms with Gasteiger partial charge in [-0.15, -0.1) is 0 Å². The highest BCUT2D eigenvalue weighted by Crippen LogP contribution is 2.37. The van der Waals surface area contributed by atoms with Crippen molar-refractivity contribution in [3.05, 3.63) is 60.0 Å². The van der Waals surface area contributed by atoms with Crippen LogP contribution in [0.5, 0.6) is 0 Å². The topological polar surface area (TPSA) is 150 Å². The molecule has 59 heavy (non-hydrogen) atoms. The number of pyridine rings is 1. The number of amides is 4. The molecule has 2 N–H and O–H groups in total. The molecule has 0 spiro atoms. The standard InChI is InChI=1S/C43H53FN12O3/c1-51(2)40(58)34-25-29-26-46-41(49-38(29)56(34)31-8-4-5-9-31)47-35-12-11-32(27-45-35)53-20-14-30(15-21-53)54-23-18-43(44,19-24-54)17-13-28-7-6-10-33-37(28)52(3)50-39(33)55-22-16-36(57)48-42(55)59/h6-7,10-12,25-27,30-31H,4-5,8-9,13-24H2,1-3H3,(H,48,57,59)(H,45,46,47,49). The third-order valence-electron chi connectivity index (χ3n) is 13.0. The molecule has 4 aromatic heterocycles. The fraction of sp³-hybridized carbons (Fsp3) is 0.512. The SMILES string of the molecule is CN(C)C(=O)c1cc2cnc(Nc3ccc(N4CCC(N5CCC(F)(CCc6cccc7c(N8CCC(=O)NC8=O)nn(C)c67)CC5)CC4)cn3)nc2n1C1CCCC1. The molecular weight excluding hydrogens is 752 g/mol. The number of imide groups is 1.